The van der Waals surface area contributed by atoms with Crippen LogP contribution in [-0.2, 0) is 4.79 Å². The minimum absolute atomic E-state index is 0.100. The number of carbonyl (C=O) groups excluding carboxylic acids is 1. The number of hydrogen-bond donors (Lipinski definition) is 1. The molecule has 0 saturated heterocycles. The lowest BCUT2D eigenvalue weighted by atomic mass is 9.97. The van der Waals surface area contributed by atoms with E-state index in [-0.39, 0.29) is 5.78 Å². The summed E-state index contributed by atoms with van der Waals surface area (Å²) in [4.78, 5) is 26.8. The van der Waals surface area contributed by atoms with Crippen molar-refractivity contribution in [2.24, 2.45) is 0 Å². The van der Waals surface area contributed by atoms with Crippen LogP contribution in [0, 0.1) is 0 Å². The molecule has 0 saturated carbocycles. The molecule has 19 heavy (non-hydrogen) atoms. The van der Waals surface area contributed by atoms with Crippen LogP contribution in [0.5, 0.6) is 0 Å². The highest BCUT2D eigenvalue weighted by Crippen LogP contribution is 2.17. The molecular formula is C15H13NO3. The Morgan fingerprint density at radius 3 is 2.05 bits per heavy atom. The predicted octanol–water partition coefficient (Wildman–Crippen LogP) is 2.50. The SMILES string of the molecule is CC(C(=O)O)c1ccc(C(=O)c2ccncc2)cc1. The van der Waals surface area contributed by atoms with Crippen molar-refractivity contribution in [2.75, 3.05) is 0 Å². The van der Waals surface area contributed by atoms with E-state index in [0.717, 1.165) is 0 Å². The van der Waals surface area contributed by atoms with Crippen LogP contribution in [0.3, 0.4) is 0 Å². The maximum atomic E-state index is 12.1. The van der Waals surface area contributed by atoms with Crippen LogP contribution < -0.4 is 0 Å². The van der Waals surface area contributed by atoms with Gasteiger partial charge in [0.25, 0.3) is 0 Å². The molecule has 2 rings (SSSR count). The molecule has 0 radical (unpaired) electrons. The number of nitrogens with zero attached hydrogens (tertiary/aromatic N) is 1. The topological polar surface area (TPSA) is 67.3 Å². The van der Waals surface area contributed by atoms with Gasteiger partial charge in [-0.2, -0.15) is 0 Å². The van der Waals surface area contributed by atoms with Crippen molar-refractivity contribution in [3.8, 4) is 0 Å². The Hall–Kier alpha value is -2.49. The number of aromatic nitrogens is 1. The fraction of sp³-hybridized carbons (Fsp3) is 0.133. The zero-order valence-corrected chi connectivity index (χ0v) is 10.4. The number of carboxylic acid groups (broad SMARTS) is 1. The molecule has 2 aromatic rings. The number of rotatable bonds is 4. The summed E-state index contributed by atoms with van der Waals surface area (Å²) in [6, 6.07) is 9.95. The number of hydrogen-bond acceptors (Lipinski definition) is 3. The second-order valence-electron chi connectivity index (χ2n) is 4.25. The van der Waals surface area contributed by atoms with E-state index < -0.39 is 11.9 Å². The van der Waals surface area contributed by atoms with E-state index in [1.165, 1.54) is 0 Å². The molecule has 0 aliphatic heterocycles. The minimum atomic E-state index is -0.881. The molecule has 1 atom stereocenters. The Bertz CT molecular complexity index is 591. The second-order valence-corrected chi connectivity index (χ2v) is 4.25. The molecule has 1 aromatic heterocycles. The molecule has 0 fully saturated rings. The standard InChI is InChI=1S/C15H13NO3/c1-10(15(18)19)11-2-4-12(5-3-11)14(17)13-6-8-16-9-7-13/h2-10H,1H3,(H,18,19). The number of ketones is 1. The molecule has 1 unspecified atom stereocenters. The lowest BCUT2D eigenvalue weighted by Gasteiger charge is -2.07. The highest BCUT2D eigenvalue weighted by molar-refractivity contribution is 6.08. The van der Waals surface area contributed by atoms with Crippen molar-refractivity contribution in [2.45, 2.75) is 12.8 Å². The summed E-state index contributed by atoms with van der Waals surface area (Å²) in [5.74, 6) is -1.56. The lowest BCUT2D eigenvalue weighted by Crippen LogP contribution is -2.08. The summed E-state index contributed by atoms with van der Waals surface area (Å²) in [6.45, 7) is 1.61. The third-order valence-electron chi connectivity index (χ3n) is 2.99. The molecule has 1 heterocycles. The van der Waals surface area contributed by atoms with Gasteiger partial charge in [0, 0.05) is 23.5 Å². The van der Waals surface area contributed by atoms with Crippen LogP contribution in [0.25, 0.3) is 0 Å². The Morgan fingerprint density at radius 1 is 1.00 bits per heavy atom. The largest absolute Gasteiger partial charge is 0.481 e. The predicted molar refractivity (Wildman–Crippen MR) is 70.2 cm³/mol. The maximum absolute atomic E-state index is 12.1. The van der Waals surface area contributed by atoms with Crippen LogP contribution >= 0.6 is 0 Å². The molecule has 0 aliphatic carbocycles. The summed E-state index contributed by atoms with van der Waals surface area (Å²) < 4.78 is 0. The van der Waals surface area contributed by atoms with Crippen LogP contribution in [-0.4, -0.2) is 21.8 Å². The summed E-state index contributed by atoms with van der Waals surface area (Å²) in [5.41, 5.74) is 1.78. The van der Waals surface area contributed by atoms with E-state index >= 15 is 0 Å². The van der Waals surface area contributed by atoms with Crippen LogP contribution in [0.2, 0.25) is 0 Å². The first-order chi connectivity index (χ1) is 9.09. The fourth-order valence-corrected chi connectivity index (χ4v) is 1.74. The third-order valence-corrected chi connectivity index (χ3v) is 2.99. The molecule has 4 heteroatoms. The van der Waals surface area contributed by atoms with E-state index in [2.05, 4.69) is 4.98 Å². The molecule has 96 valence electrons. The lowest BCUT2D eigenvalue weighted by molar-refractivity contribution is -0.138. The Labute approximate surface area is 110 Å². The smallest absolute Gasteiger partial charge is 0.310 e. The van der Waals surface area contributed by atoms with Gasteiger partial charge in [0.15, 0.2) is 5.78 Å². The van der Waals surface area contributed by atoms with E-state index in [1.54, 1.807) is 55.7 Å². The second kappa shape index (κ2) is 5.44. The monoisotopic (exact) mass is 255 g/mol. The van der Waals surface area contributed by atoms with E-state index in [4.69, 9.17) is 5.11 Å². The van der Waals surface area contributed by atoms with Crippen LogP contribution in [0.4, 0.5) is 0 Å². The van der Waals surface area contributed by atoms with Gasteiger partial charge in [-0.25, -0.2) is 0 Å². The van der Waals surface area contributed by atoms with Gasteiger partial charge in [-0.3, -0.25) is 14.6 Å². The molecule has 0 amide bonds. The Morgan fingerprint density at radius 2 is 1.53 bits per heavy atom. The van der Waals surface area contributed by atoms with Crippen molar-refractivity contribution < 1.29 is 14.7 Å². The summed E-state index contributed by atoms with van der Waals surface area (Å²) in [6.07, 6.45) is 3.13. The first-order valence-electron chi connectivity index (χ1n) is 5.87. The molecular weight excluding hydrogens is 242 g/mol. The Kier molecular flexibility index (Phi) is 3.71. The van der Waals surface area contributed by atoms with Gasteiger partial charge in [-0.15, -0.1) is 0 Å². The van der Waals surface area contributed by atoms with Gasteiger partial charge in [0.1, 0.15) is 0 Å². The summed E-state index contributed by atoms with van der Waals surface area (Å²) in [7, 11) is 0. The van der Waals surface area contributed by atoms with Crippen molar-refractivity contribution in [1.82, 2.24) is 4.98 Å². The highest BCUT2D eigenvalue weighted by Gasteiger charge is 2.14. The van der Waals surface area contributed by atoms with E-state index in [0.29, 0.717) is 16.7 Å². The highest BCUT2D eigenvalue weighted by atomic mass is 16.4. The number of carboxylic acids is 1. The summed E-state index contributed by atoms with van der Waals surface area (Å²) in [5, 5.41) is 8.92. The Balaban J connectivity index is 2.24. The zero-order valence-electron chi connectivity index (χ0n) is 10.4. The average molecular weight is 255 g/mol. The summed E-state index contributed by atoms with van der Waals surface area (Å²) >= 11 is 0. The van der Waals surface area contributed by atoms with Crippen LogP contribution in [0.1, 0.15) is 34.3 Å². The van der Waals surface area contributed by atoms with Crippen LogP contribution in [0.15, 0.2) is 48.8 Å². The molecule has 1 aromatic carbocycles. The van der Waals surface area contributed by atoms with E-state index in [9.17, 15) is 9.59 Å². The fourth-order valence-electron chi connectivity index (χ4n) is 1.74. The number of pyridine rings is 1. The van der Waals surface area contributed by atoms with Crippen molar-refractivity contribution in [3.63, 3.8) is 0 Å². The molecule has 4 nitrogen and oxygen atoms in total. The molecule has 0 aliphatic rings. The quantitative estimate of drug-likeness (QED) is 0.852. The van der Waals surface area contributed by atoms with Crippen molar-refractivity contribution in [1.29, 1.82) is 0 Å². The first-order valence-corrected chi connectivity index (χ1v) is 5.87. The number of aliphatic carboxylic acids is 1. The molecule has 1 N–H and O–H groups in total. The van der Waals surface area contributed by atoms with Gasteiger partial charge in [-0.1, -0.05) is 24.3 Å². The maximum Gasteiger partial charge on any atom is 0.310 e. The third kappa shape index (κ3) is 2.85. The van der Waals surface area contributed by atoms with Crippen molar-refractivity contribution >= 4 is 11.8 Å². The molecule has 0 spiro atoms. The zero-order chi connectivity index (χ0) is 13.8. The minimum Gasteiger partial charge on any atom is -0.481 e. The number of benzene rings is 1. The van der Waals surface area contributed by atoms with E-state index in [1.807, 2.05) is 0 Å². The van der Waals surface area contributed by atoms with Crippen molar-refractivity contribution in [3.05, 3.63) is 65.5 Å². The van der Waals surface area contributed by atoms with Gasteiger partial charge in [-0.05, 0) is 24.6 Å². The van der Waals surface area contributed by atoms with Gasteiger partial charge < -0.3 is 5.11 Å². The van der Waals surface area contributed by atoms with Gasteiger partial charge >= 0.3 is 5.97 Å². The normalized spacial score (nSPS) is 11.8. The number of carbonyl (C=O) groups is 2. The molecule has 0 bridgehead atoms. The van der Waals surface area contributed by atoms with Gasteiger partial charge in [0.05, 0.1) is 5.92 Å². The first kappa shape index (κ1) is 13.0. The van der Waals surface area contributed by atoms with Gasteiger partial charge in [0.2, 0.25) is 0 Å². The average Bonchev–Trinajstić information content (AvgIpc) is 2.46.